The van der Waals surface area contributed by atoms with Crippen LogP contribution in [0.2, 0.25) is 0 Å². The van der Waals surface area contributed by atoms with Crippen LogP contribution in [0.25, 0.3) is 10.9 Å². The van der Waals surface area contributed by atoms with Crippen LogP contribution in [-0.2, 0) is 4.74 Å². The van der Waals surface area contributed by atoms with Crippen LogP contribution < -0.4 is 4.90 Å². The lowest BCUT2D eigenvalue weighted by molar-refractivity contribution is 0.0625. The summed E-state index contributed by atoms with van der Waals surface area (Å²) in [5.74, 6) is -0.431. The largest absolute Gasteiger partial charge is 0.478 e. The van der Waals surface area contributed by atoms with Crippen LogP contribution in [0.1, 0.15) is 24.2 Å². The SMILES string of the molecule is CC1(C)COCCN1c1nc2ccccc2cc1C(=O)O. The summed E-state index contributed by atoms with van der Waals surface area (Å²) in [6.07, 6.45) is 0. The summed E-state index contributed by atoms with van der Waals surface area (Å²) in [4.78, 5) is 18.3. The molecular formula is C16H18N2O3. The molecular weight excluding hydrogens is 268 g/mol. The smallest absolute Gasteiger partial charge is 0.339 e. The Hall–Kier alpha value is -2.14. The Balaban J connectivity index is 2.19. The average molecular weight is 286 g/mol. The minimum Gasteiger partial charge on any atom is -0.478 e. The number of hydrogen-bond donors (Lipinski definition) is 1. The summed E-state index contributed by atoms with van der Waals surface area (Å²) in [7, 11) is 0. The molecule has 5 heteroatoms. The number of pyridine rings is 1. The van der Waals surface area contributed by atoms with E-state index >= 15 is 0 Å². The Labute approximate surface area is 123 Å². The van der Waals surface area contributed by atoms with Gasteiger partial charge in [-0.05, 0) is 26.0 Å². The highest BCUT2D eigenvalue weighted by atomic mass is 16.5. The third-order valence-electron chi connectivity index (χ3n) is 3.84. The lowest BCUT2D eigenvalue weighted by atomic mass is 10.0. The zero-order valence-electron chi connectivity index (χ0n) is 12.2. The highest BCUT2D eigenvalue weighted by Gasteiger charge is 2.34. The molecule has 1 fully saturated rings. The van der Waals surface area contributed by atoms with Crippen LogP contribution in [0.5, 0.6) is 0 Å². The number of benzene rings is 1. The standard InChI is InChI=1S/C16H18N2O3/c1-16(2)10-21-8-7-18(16)14-12(15(19)20)9-11-5-3-4-6-13(11)17-14/h3-6,9H,7-8,10H2,1-2H3,(H,19,20). The number of nitrogens with zero attached hydrogens (tertiary/aromatic N) is 2. The van der Waals surface area contributed by atoms with Crippen LogP contribution in [0.4, 0.5) is 5.82 Å². The van der Waals surface area contributed by atoms with Crippen molar-refractivity contribution in [3.8, 4) is 0 Å². The van der Waals surface area contributed by atoms with Crippen molar-refractivity contribution in [2.24, 2.45) is 0 Å². The Morgan fingerprint density at radius 2 is 2.14 bits per heavy atom. The van der Waals surface area contributed by atoms with Gasteiger partial charge in [-0.3, -0.25) is 0 Å². The maximum atomic E-state index is 11.6. The molecule has 2 heterocycles. The average Bonchev–Trinajstić information content (AvgIpc) is 2.45. The molecule has 0 amide bonds. The first-order valence-corrected chi connectivity index (χ1v) is 6.97. The third kappa shape index (κ3) is 2.45. The van der Waals surface area contributed by atoms with E-state index in [-0.39, 0.29) is 11.1 Å². The fourth-order valence-corrected chi connectivity index (χ4v) is 2.72. The van der Waals surface area contributed by atoms with Gasteiger partial charge in [0.1, 0.15) is 11.4 Å². The first kappa shape index (κ1) is 13.8. The summed E-state index contributed by atoms with van der Waals surface area (Å²) in [6, 6.07) is 9.27. The minimum atomic E-state index is -0.953. The van der Waals surface area contributed by atoms with Gasteiger partial charge in [0.15, 0.2) is 0 Å². The molecule has 0 atom stereocenters. The van der Waals surface area contributed by atoms with Crippen molar-refractivity contribution in [1.29, 1.82) is 0 Å². The van der Waals surface area contributed by atoms with Crippen LogP contribution in [0, 0.1) is 0 Å². The van der Waals surface area contributed by atoms with Crippen LogP contribution in [0.3, 0.4) is 0 Å². The topological polar surface area (TPSA) is 62.7 Å². The molecule has 1 aliphatic heterocycles. The van der Waals surface area contributed by atoms with Gasteiger partial charge in [-0.15, -0.1) is 0 Å². The number of para-hydroxylation sites is 1. The van der Waals surface area contributed by atoms with Gasteiger partial charge in [-0.25, -0.2) is 9.78 Å². The molecule has 0 radical (unpaired) electrons. The first-order chi connectivity index (χ1) is 9.99. The molecule has 110 valence electrons. The van der Waals surface area contributed by atoms with Crippen molar-refractivity contribution in [1.82, 2.24) is 4.98 Å². The first-order valence-electron chi connectivity index (χ1n) is 6.97. The second kappa shape index (κ2) is 5.00. The van der Waals surface area contributed by atoms with Gasteiger partial charge in [-0.1, -0.05) is 18.2 Å². The quantitative estimate of drug-likeness (QED) is 0.919. The van der Waals surface area contributed by atoms with Crippen molar-refractivity contribution in [2.75, 3.05) is 24.7 Å². The number of carboxylic acids is 1. The number of aromatic carboxylic acids is 1. The van der Waals surface area contributed by atoms with E-state index in [0.29, 0.717) is 25.6 Å². The number of anilines is 1. The Kier molecular flexibility index (Phi) is 3.29. The number of fused-ring (bicyclic) bond motifs is 1. The Morgan fingerprint density at radius 3 is 2.86 bits per heavy atom. The number of carbonyl (C=O) groups is 1. The summed E-state index contributed by atoms with van der Waals surface area (Å²) < 4.78 is 5.51. The number of ether oxygens (including phenoxy) is 1. The second-order valence-corrected chi connectivity index (χ2v) is 5.87. The van der Waals surface area contributed by atoms with E-state index in [1.807, 2.05) is 43.0 Å². The van der Waals surface area contributed by atoms with E-state index in [1.165, 1.54) is 0 Å². The van der Waals surface area contributed by atoms with Gasteiger partial charge in [-0.2, -0.15) is 0 Å². The molecule has 0 bridgehead atoms. The fraction of sp³-hybridized carbons (Fsp3) is 0.375. The zero-order valence-corrected chi connectivity index (χ0v) is 12.2. The molecule has 1 aliphatic rings. The molecule has 1 aromatic heterocycles. The van der Waals surface area contributed by atoms with Crippen LogP contribution in [0.15, 0.2) is 30.3 Å². The van der Waals surface area contributed by atoms with Gasteiger partial charge in [0.25, 0.3) is 0 Å². The molecule has 0 spiro atoms. The van der Waals surface area contributed by atoms with Crippen molar-refractivity contribution in [2.45, 2.75) is 19.4 Å². The Morgan fingerprint density at radius 1 is 1.38 bits per heavy atom. The number of aromatic nitrogens is 1. The number of rotatable bonds is 2. The van der Waals surface area contributed by atoms with E-state index in [1.54, 1.807) is 6.07 Å². The van der Waals surface area contributed by atoms with E-state index < -0.39 is 5.97 Å². The number of hydrogen-bond acceptors (Lipinski definition) is 4. The van der Waals surface area contributed by atoms with Gasteiger partial charge >= 0.3 is 5.97 Å². The zero-order chi connectivity index (χ0) is 15.0. The van der Waals surface area contributed by atoms with E-state index in [9.17, 15) is 9.90 Å². The maximum Gasteiger partial charge on any atom is 0.339 e. The Bertz CT molecular complexity index is 697. The lowest BCUT2D eigenvalue weighted by Crippen LogP contribution is -2.54. The summed E-state index contributed by atoms with van der Waals surface area (Å²) in [6.45, 7) is 5.85. The van der Waals surface area contributed by atoms with Gasteiger partial charge in [0, 0.05) is 11.9 Å². The van der Waals surface area contributed by atoms with Crippen LogP contribution in [-0.4, -0.2) is 41.4 Å². The molecule has 1 N–H and O–H groups in total. The molecule has 0 unspecified atom stereocenters. The van der Waals surface area contributed by atoms with Crippen molar-refractivity contribution in [3.05, 3.63) is 35.9 Å². The number of carboxylic acid groups (broad SMARTS) is 1. The summed E-state index contributed by atoms with van der Waals surface area (Å²) in [5.41, 5.74) is 0.765. The van der Waals surface area contributed by atoms with E-state index in [2.05, 4.69) is 4.98 Å². The molecule has 1 aromatic carbocycles. The highest BCUT2D eigenvalue weighted by Crippen LogP contribution is 2.30. The monoisotopic (exact) mass is 286 g/mol. The van der Waals surface area contributed by atoms with Gasteiger partial charge in [0.05, 0.1) is 24.3 Å². The summed E-state index contributed by atoms with van der Waals surface area (Å²) >= 11 is 0. The molecule has 5 nitrogen and oxygen atoms in total. The molecule has 3 rings (SSSR count). The second-order valence-electron chi connectivity index (χ2n) is 5.87. The third-order valence-corrected chi connectivity index (χ3v) is 3.84. The van der Waals surface area contributed by atoms with E-state index in [4.69, 9.17) is 4.74 Å². The summed E-state index contributed by atoms with van der Waals surface area (Å²) in [5, 5.41) is 10.4. The normalized spacial score (nSPS) is 17.9. The fourth-order valence-electron chi connectivity index (χ4n) is 2.72. The van der Waals surface area contributed by atoms with Crippen LogP contribution >= 0.6 is 0 Å². The molecule has 1 saturated heterocycles. The van der Waals surface area contributed by atoms with Crippen molar-refractivity contribution in [3.63, 3.8) is 0 Å². The predicted octanol–water partition coefficient (Wildman–Crippen LogP) is 2.55. The molecule has 0 aliphatic carbocycles. The van der Waals surface area contributed by atoms with Crippen molar-refractivity contribution >= 4 is 22.7 Å². The predicted molar refractivity (Wildman–Crippen MR) is 80.9 cm³/mol. The minimum absolute atomic E-state index is 0.240. The number of morpholine rings is 1. The highest BCUT2D eigenvalue weighted by molar-refractivity contribution is 5.98. The molecule has 21 heavy (non-hydrogen) atoms. The van der Waals surface area contributed by atoms with E-state index in [0.717, 1.165) is 10.9 Å². The van der Waals surface area contributed by atoms with Crippen molar-refractivity contribution < 1.29 is 14.6 Å². The molecule has 2 aromatic rings. The van der Waals surface area contributed by atoms with Gasteiger partial charge < -0.3 is 14.7 Å². The van der Waals surface area contributed by atoms with Gasteiger partial charge in [0.2, 0.25) is 0 Å². The molecule has 0 saturated carbocycles. The maximum absolute atomic E-state index is 11.6. The lowest BCUT2D eigenvalue weighted by Gasteiger charge is -2.43.